The minimum Gasteiger partial charge on any atom is -0.374 e. The van der Waals surface area contributed by atoms with Gasteiger partial charge in [-0.25, -0.2) is 0 Å². The van der Waals surface area contributed by atoms with Gasteiger partial charge in [0.05, 0.1) is 33.2 Å². The quantitative estimate of drug-likeness (QED) is 0.913. The van der Waals surface area contributed by atoms with Crippen LogP contribution in [0.5, 0.6) is 0 Å². The zero-order valence-electron chi connectivity index (χ0n) is 10.1. The molecule has 0 saturated carbocycles. The third-order valence-electron chi connectivity index (χ3n) is 2.65. The number of aromatic nitrogens is 2. The van der Waals surface area contributed by atoms with Crippen LogP contribution in [0, 0.1) is 6.92 Å². The predicted octanol–water partition coefficient (Wildman–Crippen LogP) is 4.26. The maximum Gasteiger partial charge on any atom is 0.0835 e. The standard InChI is InChI=1S/C13H13Cl2N3/c1-8-12(17-7-6-16-8)9(2)18-13-10(14)4-3-5-11(13)15/h3-7,9,18H,1-2H3. The minimum atomic E-state index is -0.0175. The Morgan fingerprint density at radius 2 is 1.72 bits per heavy atom. The summed E-state index contributed by atoms with van der Waals surface area (Å²) in [5, 5.41) is 4.46. The molecule has 0 aliphatic heterocycles. The first-order valence-electron chi connectivity index (χ1n) is 5.57. The maximum atomic E-state index is 6.12. The van der Waals surface area contributed by atoms with Gasteiger partial charge in [-0.15, -0.1) is 0 Å². The van der Waals surface area contributed by atoms with Crippen LogP contribution in [0.3, 0.4) is 0 Å². The molecule has 0 bridgehead atoms. The molecular formula is C13H13Cl2N3. The van der Waals surface area contributed by atoms with Gasteiger partial charge in [0.1, 0.15) is 0 Å². The van der Waals surface area contributed by atoms with Crippen molar-refractivity contribution < 1.29 is 0 Å². The van der Waals surface area contributed by atoms with Crippen molar-refractivity contribution in [2.24, 2.45) is 0 Å². The summed E-state index contributed by atoms with van der Waals surface area (Å²) in [5.41, 5.74) is 2.49. The van der Waals surface area contributed by atoms with Gasteiger partial charge in [-0.1, -0.05) is 29.3 Å². The lowest BCUT2D eigenvalue weighted by Gasteiger charge is -2.18. The second-order valence-electron chi connectivity index (χ2n) is 3.99. The molecule has 0 spiro atoms. The Morgan fingerprint density at radius 1 is 1.11 bits per heavy atom. The Morgan fingerprint density at radius 3 is 2.33 bits per heavy atom. The van der Waals surface area contributed by atoms with E-state index < -0.39 is 0 Å². The van der Waals surface area contributed by atoms with E-state index >= 15 is 0 Å². The minimum absolute atomic E-state index is 0.0175. The molecule has 3 nitrogen and oxygen atoms in total. The molecule has 0 fully saturated rings. The van der Waals surface area contributed by atoms with Crippen LogP contribution >= 0.6 is 23.2 Å². The monoisotopic (exact) mass is 281 g/mol. The average molecular weight is 282 g/mol. The van der Waals surface area contributed by atoms with Crippen molar-refractivity contribution in [3.63, 3.8) is 0 Å². The molecule has 5 heteroatoms. The molecule has 0 radical (unpaired) electrons. The molecular weight excluding hydrogens is 269 g/mol. The number of anilines is 1. The molecule has 0 aliphatic carbocycles. The van der Waals surface area contributed by atoms with Gasteiger partial charge in [0.25, 0.3) is 0 Å². The van der Waals surface area contributed by atoms with Gasteiger partial charge in [0, 0.05) is 12.4 Å². The van der Waals surface area contributed by atoms with Crippen LogP contribution in [-0.4, -0.2) is 9.97 Å². The molecule has 0 amide bonds. The van der Waals surface area contributed by atoms with Crippen LogP contribution in [0.1, 0.15) is 24.4 Å². The third-order valence-corrected chi connectivity index (χ3v) is 3.28. The number of aryl methyl sites for hydroxylation is 1. The van der Waals surface area contributed by atoms with Gasteiger partial charge in [-0.3, -0.25) is 9.97 Å². The Kier molecular flexibility index (Phi) is 4.04. The van der Waals surface area contributed by atoms with Crippen LogP contribution in [0.25, 0.3) is 0 Å². The van der Waals surface area contributed by atoms with E-state index in [0.717, 1.165) is 17.1 Å². The van der Waals surface area contributed by atoms with Crippen LogP contribution in [0.2, 0.25) is 10.0 Å². The van der Waals surface area contributed by atoms with Gasteiger partial charge in [0.15, 0.2) is 0 Å². The largest absolute Gasteiger partial charge is 0.374 e. The molecule has 2 aromatic rings. The zero-order chi connectivity index (χ0) is 13.1. The molecule has 1 unspecified atom stereocenters. The highest BCUT2D eigenvalue weighted by molar-refractivity contribution is 6.39. The topological polar surface area (TPSA) is 37.8 Å². The molecule has 1 N–H and O–H groups in total. The van der Waals surface area contributed by atoms with E-state index in [2.05, 4.69) is 15.3 Å². The maximum absolute atomic E-state index is 6.12. The van der Waals surface area contributed by atoms with Crippen molar-refractivity contribution in [3.05, 3.63) is 52.0 Å². The van der Waals surface area contributed by atoms with Crippen molar-refractivity contribution in [2.45, 2.75) is 19.9 Å². The fourth-order valence-corrected chi connectivity index (χ4v) is 2.27. The summed E-state index contributed by atoms with van der Waals surface area (Å²) < 4.78 is 0. The molecule has 1 aromatic carbocycles. The lowest BCUT2D eigenvalue weighted by Crippen LogP contribution is -2.11. The van der Waals surface area contributed by atoms with Crippen LogP contribution in [0.4, 0.5) is 5.69 Å². The Bertz CT molecular complexity index is 537. The van der Waals surface area contributed by atoms with Crippen molar-refractivity contribution in [1.29, 1.82) is 0 Å². The SMILES string of the molecule is Cc1nccnc1C(C)Nc1c(Cl)cccc1Cl. The number of hydrogen-bond donors (Lipinski definition) is 1. The summed E-state index contributed by atoms with van der Waals surface area (Å²) in [6.07, 6.45) is 3.35. The number of para-hydroxylation sites is 1. The molecule has 18 heavy (non-hydrogen) atoms. The number of hydrogen-bond acceptors (Lipinski definition) is 3. The number of nitrogens with one attached hydrogen (secondary N) is 1. The van der Waals surface area contributed by atoms with Crippen molar-refractivity contribution >= 4 is 28.9 Å². The number of benzene rings is 1. The fourth-order valence-electron chi connectivity index (χ4n) is 1.76. The van der Waals surface area contributed by atoms with E-state index in [4.69, 9.17) is 23.2 Å². The van der Waals surface area contributed by atoms with Crippen molar-refractivity contribution in [2.75, 3.05) is 5.32 Å². The molecule has 1 heterocycles. The Labute approximate surface area is 116 Å². The normalized spacial score (nSPS) is 12.2. The Hall–Kier alpha value is -1.32. The summed E-state index contributed by atoms with van der Waals surface area (Å²) >= 11 is 12.2. The van der Waals surface area contributed by atoms with Gasteiger partial charge in [-0.05, 0) is 26.0 Å². The first kappa shape index (κ1) is 13.1. The van der Waals surface area contributed by atoms with Crippen molar-refractivity contribution in [3.8, 4) is 0 Å². The van der Waals surface area contributed by atoms with E-state index in [1.54, 1.807) is 24.5 Å². The van der Waals surface area contributed by atoms with Gasteiger partial charge >= 0.3 is 0 Å². The summed E-state index contributed by atoms with van der Waals surface area (Å²) in [5.74, 6) is 0. The van der Waals surface area contributed by atoms with Gasteiger partial charge in [-0.2, -0.15) is 0 Å². The summed E-state index contributed by atoms with van der Waals surface area (Å²) in [6.45, 7) is 3.92. The summed E-state index contributed by atoms with van der Waals surface area (Å²) in [7, 11) is 0. The average Bonchev–Trinajstić information content (AvgIpc) is 2.34. The molecule has 0 saturated heterocycles. The molecule has 94 valence electrons. The second kappa shape index (κ2) is 5.55. The van der Waals surface area contributed by atoms with E-state index in [9.17, 15) is 0 Å². The molecule has 1 aromatic heterocycles. The third kappa shape index (κ3) is 2.74. The summed E-state index contributed by atoms with van der Waals surface area (Å²) in [4.78, 5) is 8.54. The summed E-state index contributed by atoms with van der Waals surface area (Å²) in [6, 6.07) is 5.39. The lowest BCUT2D eigenvalue weighted by atomic mass is 10.1. The van der Waals surface area contributed by atoms with Gasteiger partial charge in [0.2, 0.25) is 0 Å². The molecule has 0 aliphatic rings. The smallest absolute Gasteiger partial charge is 0.0835 e. The number of rotatable bonds is 3. The molecule has 1 atom stereocenters. The zero-order valence-corrected chi connectivity index (χ0v) is 11.6. The van der Waals surface area contributed by atoms with Crippen LogP contribution < -0.4 is 5.32 Å². The Balaban J connectivity index is 2.27. The fraction of sp³-hybridized carbons (Fsp3) is 0.231. The molecule has 2 rings (SSSR count). The number of nitrogens with zero attached hydrogens (tertiary/aromatic N) is 2. The lowest BCUT2D eigenvalue weighted by molar-refractivity contribution is 0.810. The predicted molar refractivity (Wildman–Crippen MR) is 75.3 cm³/mol. The first-order valence-corrected chi connectivity index (χ1v) is 6.33. The van der Waals surface area contributed by atoms with E-state index in [-0.39, 0.29) is 6.04 Å². The van der Waals surface area contributed by atoms with E-state index in [0.29, 0.717) is 10.0 Å². The highest BCUT2D eigenvalue weighted by atomic mass is 35.5. The first-order chi connectivity index (χ1) is 8.59. The highest BCUT2D eigenvalue weighted by Crippen LogP contribution is 2.32. The van der Waals surface area contributed by atoms with Crippen LogP contribution in [0.15, 0.2) is 30.6 Å². The second-order valence-corrected chi connectivity index (χ2v) is 4.80. The van der Waals surface area contributed by atoms with Crippen molar-refractivity contribution in [1.82, 2.24) is 9.97 Å². The van der Waals surface area contributed by atoms with Crippen LogP contribution in [-0.2, 0) is 0 Å². The van der Waals surface area contributed by atoms with Gasteiger partial charge < -0.3 is 5.32 Å². The van der Waals surface area contributed by atoms with E-state index in [1.165, 1.54) is 0 Å². The van der Waals surface area contributed by atoms with E-state index in [1.807, 2.05) is 19.9 Å². The number of halogens is 2. The highest BCUT2D eigenvalue weighted by Gasteiger charge is 2.13.